The molecular formula is C34H35N5. The van der Waals surface area contributed by atoms with Crippen LogP contribution in [0.3, 0.4) is 0 Å². The van der Waals surface area contributed by atoms with Gasteiger partial charge in [-0.3, -0.25) is 5.01 Å². The van der Waals surface area contributed by atoms with Crippen molar-refractivity contribution in [1.82, 2.24) is 9.55 Å². The molecule has 1 N–H and O–H groups in total. The minimum Gasteiger partial charge on any atom is -0.352 e. The number of nitrogens with one attached hydrogen (secondary N) is 1. The summed E-state index contributed by atoms with van der Waals surface area (Å²) in [5.74, 6) is 0.921. The number of rotatable bonds is 8. The van der Waals surface area contributed by atoms with E-state index in [0.717, 1.165) is 35.8 Å². The van der Waals surface area contributed by atoms with E-state index in [4.69, 9.17) is 10.1 Å². The highest BCUT2D eigenvalue weighted by atomic mass is 15.5. The fourth-order valence-corrected chi connectivity index (χ4v) is 5.76. The summed E-state index contributed by atoms with van der Waals surface area (Å²) < 4.78 is 2.28. The van der Waals surface area contributed by atoms with E-state index >= 15 is 0 Å². The van der Waals surface area contributed by atoms with Crippen molar-refractivity contribution in [1.29, 1.82) is 0 Å². The molecule has 39 heavy (non-hydrogen) atoms. The molecule has 1 aliphatic rings. The monoisotopic (exact) mass is 513 g/mol. The largest absolute Gasteiger partial charge is 0.352 e. The third kappa shape index (κ3) is 4.69. The standard InChI is InChI=1S/C34H35N5/c1-4-23-38-30-18-12-11-17-29(30)36-33(38)35-24-25-19-21-28(22-20-25)39-32(27-15-9-6-10-16-27)34(2,3)31(37-39)26-13-7-5-8-14-26/h5-22,32H,4,23-24H2,1-3H3,(H,35,36). The van der Waals surface area contributed by atoms with Gasteiger partial charge in [0.15, 0.2) is 0 Å². The van der Waals surface area contributed by atoms with E-state index < -0.39 is 0 Å². The molecule has 0 saturated carbocycles. The van der Waals surface area contributed by atoms with E-state index in [-0.39, 0.29) is 11.5 Å². The fraction of sp³-hybridized carbons (Fsp3) is 0.235. The number of hydrogen-bond donors (Lipinski definition) is 1. The second kappa shape index (κ2) is 10.4. The molecule has 0 fully saturated rings. The van der Waals surface area contributed by atoms with E-state index in [9.17, 15) is 0 Å². The molecule has 6 rings (SSSR count). The maximum atomic E-state index is 5.24. The normalized spacial score (nSPS) is 16.4. The first-order chi connectivity index (χ1) is 19.1. The van der Waals surface area contributed by atoms with Gasteiger partial charge in [-0.05, 0) is 47.4 Å². The molecule has 5 aromatic rings. The second-order valence-electron chi connectivity index (χ2n) is 10.8. The summed E-state index contributed by atoms with van der Waals surface area (Å²) in [7, 11) is 0. The number of nitrogens with zero attached hydrogens (tertiary/aromatic N) is 4. The van der Waals surface area contributed by atoms with Crippen molar-refractivity contribution in [2.24, 2.45) is 10.5 Å². The van der Waals surface area contributed by atoms with Gasteiger partial charge < -0.3 is 9.88 Å². The average molecular weight is 514 g/mol. The van der Waals surface area contributed by atoms with Crippen LogP contribution in [0.15, 0.2) is 114 Å². The molecule has 0 aliphatic carbocycles. The van der Waals surface area contributed by atoms with Crippen LogP contribution in [0.1, 0.15) is 49.9 Å². The zero-order chi connectivity index (χ0) is 26.8. The van der Waals surface area contributed by atoms with E-state index in [1.165, 1.54) is 22.2 Å². The number of anilines is 2. The van der Waals surface area contributed by atoms with Crippen molar-refractivity contribution in [2.75, 3.05) is 10.3 Å². The molecular weight excluding hydrogens is 478 g/mol. The Hall–Kier alpha value is -4.38. The zero-order valence-electron chi connectivity index (χ0n) is 22.9. The Balaban J connectivity index is 1.28. The van der Waals surface area contributed by atoms with Crippen LogP contribution in [0.25, 0.3) is 11.0 Å². The summed E-state index contributed by atoms with van der Waals surface area (Å²) in [5, 5.41) is 11.0. The van der Waals surface area contributed by atoms with Crippen LogP contribution in [0.5, 0.6) is 0 Å². The SMILES string of the molecule is CCCn1c(NCc2ccc(N3N=C(c4ccccc4)C(C)(C)C3c3ccccc3)cc2)nc2ccccc21. The Morgan fingerprint density at radius 1 is 0.795 bits per heavy atom. The number of aromatic nitrogens is 2. The molecule has 5 nitrogen and oxygen atoms in total. The van der Waals surface area contributed by atoms with Crippen molar-refractivity contribution in [3.63, 3.8) is 0 Å². The predicted molar refractivity (Wildman–Crippen MR) is 162 cm³/mol. The average Bonchev–Trinajstić information content (AvgIpc) is 3.47. The number of hydrazone groups is 1. The molecule has 0 amide bonds. The molecule has 2 heterocycles. The Labute approximate surface area is 230 Å². The summed E-state index contributed by atoms with van der Waals surface area (Å²) in [6.07, 6.45) is 1.06. The van der Waals surface area contributed by atoms with E-state index in [1.54, 1.807) is 0 Å². The molecule has 0 saturated heterocycles. The Bertz CT molecular complexity index is 1580. The summed E-state index contributed by atoms with van der Waals surface area (Å²) in [4.78, 5) is 4.85. The third-order valence-electron chi connectivity index (χ3n) is 7.66. The van der Waals surface area contributed by atoms with E-state index in [2.05, 4.69) is 139 Å². The van der Waals surface area contributed by atoms with Crippen molar-refractivity contribution in [3.8, 4) is 0 Å². The minimum absolute atomic E-state index is 0.0897. The molecule has 1 atom stereocenters. The molecule has 0 radical (unpaired) electrons. The summed E-state index contributed by atoms with van der Waals surface area (Å²) in [6.45, 7) is 8.45. The first-order valence-electron chi connectivity index (χ1n) is 13.8. The van der Waals surface area contributed by atoms with Crippen LogP contribution >= 0.6 is 0 Å². The molecule has 1 aliphatic heterocycles. The lowest BCUT2D eigenvalue weighted by molar-refractivity contribution is 0.425. The quantitative estimate of drug-likeness (QED) is 0.228. The molecule has 0 spiro atoms. The van der Waals surface area contributed by atoms with Gasteiger partial charge in [-0.25, -0.2) is 4.98 Å². The molecule has 5 heteroatoms. The number of benzene rings is 4. The van der Waals surface area contributed by atoms with Gasteiger partial charge in [0.05, 0.1) is 28.5 Å². The van der Waals surface area contributed by atoms with E-state index in [1.807, 2.05) is 6.07 Å². The van der Waals surface area contributed by atoms with Gasteiger partial charge in [0.2, 0.25) is 5.95 Å². The number of para-hydroxylation sites is 2. The van der Waals surface area contributed by atoms with Gasteiger partial charge in [-0.2, -0.15) is 5.10 Å². The second-order valence-corrected chi connectivity index (χ2v) is 10.8. The number of hydrogen-bond acceptors (Lipinski definition) is 4. The maximum Gasteiger partial charge on any atom is 0.204 e. The molecule has 1 aromatic heterocycles. The summed E-state index contributed by atoms with van der Waals surface area (Å²) in [6, 6.07) is 38.5. The van der Waals surface area contributed by atoms with Crippen LogP contribution in [-0.4, -0.2) is 15.3 Å². The number of imidazole rings is 1. The van der Waals surface area contributed by atoms with Crippen LogP contribution < -0.4 is 10.3 Å². The van der Waals surface area contributed by atoms with Crippen LogP contribution in [0.2, 0.25) is 0 Å². The van der Waals surface area contributed by atoms with Crippen LogP contribution in [0.4, 0.5) is 11.6 Å². The lowest BCUT2D eigenvalue weighted by atomic mass is 9.75. The smallest absolute Gasteiger partial charge is 0.204 e. The van der Waals surface area contributed by atoms with Gasteiger partial charge in [-0.1, -0.05) is 106 Å². The van der Waals surface area contributed by atoms with Gasteiger partial charge >= 0.3 is 0 Å². The number of aryl methyl sites for hydroxylation is 1. The van der Waals surface area contributed by atoms with Gasteiger partial charge in [-0.15, -0.1) is 0 Å². The van der Waals surface area contributed by atoms with Crippen molar-refractivity contribution < 1.29 is 0 Å². The lowest BCUT2D eigenvalue weighted by Gasteiger charge is -2.33. The molecule has 1 unspecified atom stereocenters. The zero-order valence-corrected chi connectivity index (χ0v) is 22.9. The third-order valence-corrected chi connectivity index (χ3v) is 7.66. The lowest BCUT2D eigenvalue weighted by Crippen LogP contribution is -2.32. The maximum absolute atomic E-state index is 5.24. The highest BCUT2D eigenvalue weighted by Gasteiger charge is 2.46. The number of fused-ring (bicyclic) bond motifs is 1. The summed E-state index contributed by atoms with van der Waals surface area (Å²) in [5.41, 5.74) is 7.85. The molecule has 4 aromatic carbocycles. The topological polar surface area (TPSA) is 45.5 Å². The summed E-state index contributed by atoms with van der Waals surface area (Å²) >= 11 is 0. The van der Waals surface area contributed by atoms with Gasteiger partial charge in [0.1, 0.15) is 0 Å². The van der Waals surface area contributed by atoms with Crippen molar-refractivity contribution >= 4 is 28.4 Å². The Morgan fingerprint density at radius 2 is 1.46 bits per heavy atom. The van der Waals surface area contributed by atoms with Crippen molar-refractivity contribution in [2.45, 2.75) is 46.3 Å². The first-order valence-corrected chi connectivity index (χ1v) is 13.8. The van der Waals surface area contributed by atoms with Gasteiger partial charge in [0.25, 0.3) is 0 Å². The van der Waals surface area contributed by atoms with E-state index in [0.29, 0.717) is 6.54 Å². The minimum atomic E-state index is -0.179. The highest BCUT2D eigenvalue weighted by Crippen LogP contribution is 2.48. The first kappa shape index (κ1) is 24.9. The Morgan fingerprint density at radius 3 is 2.18 bits per heavy atom. The fourth-order valence-electron chi connectivity index (χ4n) is 5.76. The highest BCUT2D eigenvalue weighted by molar-refractivity contribution is 6.07. The van der Waals surface area contributed by atoms with Crippen LogP contribution in [-0.2, 0) is 13.1 Å². The Kier molecular flexibility index (Phi) is 6.65. The van der Waals surface area contributed by atoms with Gasteiger partial charge in [0, 0.05) is 18.5 Å². The predicted octanol–water partition coefficient (Wildman–Crippen LogP) is 8.05. The molecule has 0 bridgehead atoms. The van der Waals surface area contributed by atoms with Crippen molar-refractivity contribution in [3.05, 3.63) is 126 Å². The molecule has 196 valence electrons. The van der Waals surface area contributed by atoms with Crippen LogP contribution in [0, 0.1) is 5.41 Å².